The van der Waals surface area contributed by atoms with E-state index >= 15 is 0 Å². The summed E-state index contributed by atoms with van der Waals surface area (Å²) in [7, 11) is -4.71. The molecule has 1 heterocycles. The van der Waals surface area contributed by atoms with E-state index in [1.165, 1.54) is 148 Å². The predicted octanol–water partition coefficient (Wildman–Crippen LogP) is 16.2. The molecule has 75 heavy (non-hydrogen) atoms. The van der Waals surface area contributed by atoms with E-state index in [0.717, 1.165) is 70.6 Å². The molecule has 2 unspecified atom stereocenters. The second kappa shape index (κ2) is 43.0. The van der Waals surface area contributed by atoms with Gasteiger partial charge < -0.3 is 39.2 Å². The molecule has 1 fully saturated rings. The molecule has 0 aromatic heterocycles. The van der Waals surface area contributed by atoms with Crippen molar-refractivity contribution in [3.8, 4) is 11.5 Å². The van der Waals surface area contributed by atoms with Crippen LogP contribution in [0.1, 0.15) is 258 Å². The average molecular weight is 1070 g/mol. The zero-order chi connectivity index (χ0) is 54.0. The van der Waals surface area contributed by atoms with E-state index in [0.29, 0.717) is 6.42 Å². The molecule has 2 aromatic rings. The molecule has 0 spiro atoms. The van der Waals surface area contributed by atoms with Crippen LogP contribution in [0.25, 0.3) is 0 Å². The smallest absolute Gasteiger partial charge is 0.457 e. The van der Waals surface area contributed by atoms with Crippen LogP contribution in [0.3, 0.4) is 0 Å². The van der Waals surface area contributed by atoms with Gasteiger partial charge in [0.05, 0.1) is 19.1 Å². The SMILES string of the molecule is CCCCCCCCCCCCCCCCC(CCCCCCCCCCC)CC(=O)O[C@H]1[C@H](OP(=O)(Oc2ccccc2)Oc2ccccc2)[C@@H](CO)OC(O)[C@@H]1NC(=O)C[C@H](O)CCCCCCCCCCC. The van der Waals surface area contributed by atoms with E-state index in [4.69, 9.17) is 23.0 Å². The minimum Gasteiger partial charge on any atom is -0.457 e. The van der Waals surface area contributed by atoms with E-state index in [2.05, 4.69) is 26.1 Å². The van der Waals surface area contributed by atoms with Crippen molar-refractivity contribution in [2.24, 2.45) is 5.92 Å². The maximum atomic E-state index is 14.9. The van der Waals surface area contributed by atoms with Crippen LogP contribution in [-0.2, 0) is 28.2 Å². The first kappa shape index (κ1) is 66.3. The lowest BCUT2D eigenvalue weighted by molar-refractivity contribution is -0.255. The Bertz CT molecular complexity index is 1680. The number of carbonyl (C=O) groups is 2. The summed E-state index contributed by atoms with van der Waals surface area (Å²) in [6, 6.07) is 15.2. The van der Waals surface area contributed by atoms with E-state index in [9.17, 15) is 29.5 Å². The third-order valence-electron chi connectivity index (χ3n) is 14.8. The maximum absolute atomic E-state index is 14.9. The zero-order valence-corrected chi connectivity index (χ0v) is 48.1. The van der Waals surface area contributed by atoms with Gasteiger partial charge in [-0.15, -0.1) is 0 Å². The highest BCUT2D eigenvalue weighted by Gasteiger charge is 2.53. The summed E-state index contributed by atoms with van der Waals surface area (Å²) in [5.41, 5.74) is 0. The number of aliphatic hydroxyl groups excluding tert-OH is 3. The van der Waals surface area contributed by atoms with Gasteiger partial charge in [0.1, 0.15) is 29.7 Å². The molecule has 12 nitrogen and oxygen atoms in total. The van der Waals surface area contributed by atoms with Crippen LogP contribution >= 0.6 is 7.82 Å². The zero-order valence-electron chi connectivity index (χ0n) is 47.2. The summed E-state index contributed by atoms with van der Waals surface area (Å²) in [5.74, 6) is -0.806. The number of ether oxygens (including phenoxy) is 2. The molecule has 0 aliphatic carbocycles. The molecule has 7 atom stereocenters. The Labute approximate surface area is 455 Å². The number of unbranched alkanes of at least 4 members (excludes halogenated alkanes) is 29. The van der Waals surface area contributed by atoms with Gasteiger partial charge in [-0.2, -0.15) is 0 Å². The van der Waals surface area contributed by atoms with Gasteiger partial charge in [0.25, 0.3) is 0 Å². The Morgan fingerprint density at radius 1 is 0.547 bits per heavy atom. The second-order valence-electron chi connectivity index (χ2n) is 21.7. The molecule has 1 aliphatic rings. The number of rotatable bonds is 48. The molecule has 1 saturated heterocycles. The summed E-state index contributed by atoms with van der Waals surface area (Å²) >= 11 is 0. The Morgan fingerprint density at radius 3 is 1.31 bits per heavy atom. The summed E-state index contributed by atoms with van der Waals surface area (Å²) in [6.07, 6.45) is 33.5. The van der Waals surface area contributed by atoms with Crippen molar-refractivity contribution in [2.75, 3.05) is 6.61 Å². The van der Waals surface area contributed by atoms with Gasteiger partial charge in [0.15, 0.2) is 12.4 Å². The standard InChI is InChI=1S/C62H106NO11P/c1-4-7-10-13-16-19-20-21-22-23-26-28-31-36-43-52(42-35-30-27-24-17-14-11-8-5-2)49-58(67)71-61-59(63-57(66)50-53(65)44-37-32-29-25-18-15-12-9-6-3)62(68)70-56(51-64)60(61)74-75(69,72-54-45-38-33-39-46-54)73-55-47-40-34-41-48-55/h33-34,38-41,45-48,52-53,56,59-62,64-65,68H,4-32,35-37,42-44,49-51H2,1-3H3,(H,63,66)/t52?,53-,56-,59-,60-,61-,62?/m1/s1. The molecule has 1 aliphatic heterocycles. The van der Waals surface area contributed by atoms with Crippen LogP contribution in [0.15, 0.2) is 60.7 Å². The second-order valence-corrected chi connectivity index (χ2v) is 23.1. The molecule has 0 radical (unpaired) electrons. The van der Waals surface area contributed by atoms with Crippen LogP contribution in [-0.4, -0.2) is 70.6 Å². The predicted molar refractivity (Wildman–Crippen MR) is 304 cm³/mol. The fourth-order valence-electron chi connectivity index (χ4n) is 10.3. The van der Waals surface area contributed by atoms with Crippen molar-refractivity contribution in [1.29, 1.82) is 0 Å². The van der Waals surface area contributed by atoms with Gasteiger partial charge >= 0.3 is 13.8 Å². The number of para-hydroxylation sites is 2. The van der Waals surface area contributed by atoms with Gasteiger partial charge in [-0.1, -0.05) is 263 Å². The van der Waals surface area contributed by atoms with Crippen molar-refractivity contribution in [3.63, 3.8) is 0 Å². The molecule has 0 saturated carbocycles. The molecule has 2 aromatic carbocycles. The monoisotopic (exact) mass is 1070 g/mol. The molecule has 0 bridgehead atoms. The van der Waals surface area contributed by atoms with Crippen LogP contribution < -0.4 is 14.4 Å². The van der Waals surface area contributed by atoms with Crippen molar-refractivity contribution in [2.45, 2.75) is 295 Å². The molecule has 430 valence electrons. The quantitative estimate of drug-likeness (QED) is 0.0283. The van der Waals surface area contributed by atoms with Gasteiger partial charge in [0, 0.05) is 6.42 Å². The summed E-state index contributed by atoms with van der Waals surface area (Å²) in [6.45, 7) is 5.98. The topological polar surface area (TPSA) is 170 Å². The Hall–Kier alpha value is -2.99. The van der Waals surface area contributed by atoms with E-state index in [1.807, 2.05) is 0 Å². The average Bonchev–Trinajstić information content (AvgIpc) is 3.39. The number of amides is 1. The molecule has 1 amide bonds. The van der Waals surface area contributed by atoms with Crippen LogP contribution in [0.4, 0.5) is 0 Å². The first-order valence-corrected chi connectivity index (χ1v) is 32.0. The minimum absolute atomic E-state index is 0.0373. The van der Waals surface area contributed by atoms with Crippen molar-refractivity contribution in [1.82, 2.24) is 5.32 Å². The summed E-state index contributed by atoms with van der Waals surface area (Å²) < 4.78 is 45.3. The minimum atomic E-state index is -4.71. The first-order chi connectivity index (χ1) is 36.6. The van der Waals surface area contributed by atoms with E-state index < -0.39 is 63.1 Å². The highest BCUT2D eigenvalue weighted by molar-refractivity contribution is 7.49. The lowest BCUT2D eigenvalue weighted by atomic mass is 9.91. The molecular weight excluding hydrogens is 966 g/mol. The van der Waals surface area contributed by atoms with Gasteiger partial charge in [0.2, 0.25) is 5.91 Å². The van der Waals surface area contributed by atoms with Gasteiger partial charge in [-0.05, 0) is 49.4 Å². The number of esters is 1. The third-order valence-corrected chi connectivity index (χ3v) is 16.2. The van der Waals surface area contributed by atoms with E-state index in [1.54, 1.807) is 60.7 Å². The summed E-state index contributed by atoms with van der Waals surface area (Å²) in [4.78, 5) is 28.2. The Morgan fingerprint density at radius 2 is 0.920 bits per heavy atom. The fourth-order valence-corrected chi connectivity index (χ4v) is 11.8. The lowest BCUT2D eigenvalue weighted by Gasteiger charge is -2.44. The highest BCUT2D eigenvalue weighted by atomic mass is 31.2. The fraction of sp³-hybridized carbons (Fsp3) is 0.774. The highest BCUT2D eigenvalue weighted by Crippen LogP contribution is 2.52. The van der Waals surface area contributed by atoms with Crippen molar-refractivity contribution < 1.29 is 52.5 Å². The van der Waals surface area contributed by atoms with Gasteiger partial charge in [-0.25, -0.2) is 4.57 Å². The number of phosphoric acid groups is 1. The number of hydrogen-bond donors (Lipinski definition) is 4. The Balaban J connectivity index is 1.77. The van der Waals surface area contributed by atoms with Gasteiger partial charge in [-0.3, -0.25) is 14.1 Å². The molecule has 3 rings (SSSR count). The van der Waals surface area contributed by atoms with E-state index in [-0.39, 0.29) is 30.3 Å². The normalized spacial score (nSPS) is 18.6. The number of nitrogens with one attached hydrogen (secondary N) is 1. The summed E-state index contributed by atoms with van der Waals surface area (Å²) in [5, 5.41) is 36.1. The first-order valence-electron chi connectivity index (χ1n) is 30.5. The third kappa shape index (κ3) is 31.3. The maximum Gasteiger partial charge on any atom is 0.588 e. The van der Waals surface area contributed by atoms with Crippen LogP contribution in [0.5, 0.6) is 11.5 Å². The molecule has 13 heteroatoms. The number of benzene rings is 2. The Kier molecular flexibility index (Phi) is 38.0. The molecule has 4 N–H and O–H groups in total. The van der Waals surface area contributed by atoms with Crippen molar-refractivity contribution >= 4 is 19.7 Å². The van der Waals surface area contributed by atoms with Crippen LogP contribution in [0.2, 0.25) is 0 Å². The van der Waals surface area contributed by atoms with Crippen LogP contribution in [0, 0.1) is 5.92 Å². The number of carbonyl (C=O) groups excluding carboxylic acids is 2. The lowest BCUT2D eigenvalue weighted by Crippen LogP contribution is -2.66. The van der Waals surface area contributed by atoms with Crippen molar-refractivity contribution in [3.05, 3.63) is 60.7 Å². The number of aliphatic hydroxyl groups is 3. The number of hydrogen-bond acceptors (Lipinski definition) is 11. The largest absolute Gasteiger partial charge is 0.588 e. The molecular formula is C62H106NO11P. The number of phosphoric ester groups is 1.